The van der Waals surface area contributed by atoms with Gasteiger partial charge in [-0.05, 0) is 27.7 Å². The second-order valence-electron chi connectivity index (χ2n) is 4.91. The van der Waals surface area contributed by atoms with E-state index in [1.807, 2.05) is 6.92 Å². The minimum absolute atomic E-state index is 0.00463. The Bertz CT molecular complexity index is 419. The molecule has 1 heterocycles. The Morgan fingerprint density at radius 2 is 1.65 bits per heavy atom. The van der Waals surface area contributed by atoms with E-state index in [2.05, 4.69) is 26.1 Å². The summed E-state index contributed by atoms with van der Waals surface area (Å²) in [5.41, 5.74) is 0. The minimum Gasteiger partial charge on any atom is -0.748 e. The van der Waals surface area contributed by atoms with E-state index in [-0.39, 0.29) is 17.7 Å². The fourth-order valence-corrected chi connectivity index (χ4v) is 2.98. The van der Waals surface area contributed by atoms with Crippen molar-refractivity contribution in [1.29, 1.82) is 0 Å². The molecule has 1 amide bonds. The molecule has 7 heteroatoms. The summed E-state index contributed by atoms with van der Waals surface area (Å²) in [5.74, 6) is -0.237. The monoisotopic (exact) mass is 306 g/mol. The van der Waals surface area contributed by atoms with Gasteiger partial charge in [-0.2, -0.15) is 0 Å². The number of amides is 1. The van der Waals surface area contributed by atoms with Crippen LogP contribution >= 0.6 is 0 Å². The summed E-state index contributed by atoms with van der Waals surface area (Å²) < 4.78 is 32.6. The van der Waals surface area contributed by atoms with Crippen LogP contribution in [-0.4, -0.2) is 54.8 Å². The van der Waals surface area contributed by atoms with Crippen LogP contribution in [0.4, 0.5) is 0 Å². The van der Waals surface area contributed by atoms with E-state index in [0.29, 0.717) is 6.42 Å². The Morgan fingerprint density at radius 3 is 1.85 bits per heavy atom. The van der Waals surface area contributed by atoms with E-state index in [1.54, 1.807) is 6.20 Å². The molecule has 0 saturated heterocycles. The predicted molar refractivity (Wildman–Crippen MR) is 77.8 cm³/mol. The molecule has 6 nitrogen and oxygen atoms in total. The van der Waals surface area contributed by atoms with E-state index in [4.69, 9.17) is 0 Å². The highest BCUT2D eigenvalue weighted by atomic mass is 32.2. The second-order valence-corrected chi connectivity index (χ2v) is 6.43. The topological polar surface area (TPSA) is 86.3 Å². The maximum Gasteiger partial charge on any atom is 0.249 e. The van der Waals surface area contributed by atoms with Gasteiger partial charge < -0.3 is 14.4 Å². The predicted octanol–water partition coefficient (Wildman–Crippen LogP) is 0.817. The summed E-state index contributed by atoms with van der Waals surface area (Å²) in [6, 6.07) is 0.230. The maximum atomic E-state index is 10.6. The van der Waals surface area contributed by atoms with E-state index in [1.165, 1.54) is 6.08 Å². The normalized spacial score (nSPS) is 15.8. The summed E-state index contributed by atoms with van der Waals surface area (Å²) in [5, 5.41) is 2.39. The number of carbonyl (C=O) groups excluding carboxylic acids is 1. The van der Waals surface area contributed by atoms with E-state index < -0.39 is 10.1 Å². The highest BCUT2D eigenvalue weighted by molar-refractivity contribution is 7.85. The summed E-state index contributed by atoms with van der Waals surface area (Å²) in [6.45, 7) is 11.3. The molecule has 118 valence electrons. The van der Waals surface area contributed by atoms with Gasteiger partial charge in [0, 0.05) is 24.4 Å². The molecule has 1 aliphatic rings. The SMILES string of the molecule is CC[N+](CC)(CC)C(C)CCS(=O)(=O)[O-].O=C1C=CN1. The van der Waals surface area contributed by atoms with Crippen molar-refractivity contribution in [2.45, 2.75) is 40.2 Å². The van der Waals surface area contributed by atoms with Crippen LogP contribution in [0.25, 0.3) is 0 Å². The zero-order valence-corrected chi connectivity index (χ0v) is 13.6. The van der Waals surface area contributed by atoms with Crippen molar-refractivity contribution < 1.29 is 22.2 Å². The third kappa shape index (κ3) is 6.49. The largest absolute Gasteiger partial charge is 0.748 e. The lowest BCUT2D eigenvalue weighted by Crippen LogP contribution is -2.54. The van der Waals surface area contributed by atoms with Gasteiger partial charge in [-0.1, -0.05) is 0 Å². The Balaban J connectivity index is 0.000000595. The molecule has 0 bridgehead atoms. The van der Waals surface area contributed by atoms with Gasteiger partial charge in [-0.25, -0.2) is 8.42 Å². The number of hydrogen-bond acceptors (Lipinski definition) is 4. The first-order chi connectivity index (χ1) is 9.20. The molecule has 0 spiro atoms. The Hall–Kier alpha value is -0.920. The zero-order chi connectivity index (χ0) is 15.8. The smallest absolute Gasteiger partial charge is 0.249 e. The molecule has 0 aliphatic carbocycles. The van der Waals surface area contributed by atoms with Gasteiger partial charge in [0.1, 0.15) is 0 Å². The van der Waals surface area contributed by atoms with Crippen molar-refractivity contribution in [3.8, 4) is 0 Å². The van der Waals surface area contributed by atoms with E-state index >= 15 is 0 Å². The summed E-state index contributed by atoms with van der Waals surface area (Å²) >= 11 is 0. The van der Waals surface area contributed by atoms with Crippen LogP contribution < -0.4 is 5.32 Å². The highest BCUT2D eigenvalue weighted by Crippen LogP contribution is 2.16. The standard InChI is InChI=1S/C10H23NO3S.C3H3NO/c1-5-11(6-2,7-3)10(4)8-9-15(12,13)14;5-3-1-2-4-3/h10H,5-9H2,1-4H3;1-2H,(H,4,5). The fourth-order valence-electron chi connectivity index (χ4n) is 2.35. The Morgan fingerprint density at radius 1 is 1.25 bits per heavy atom. The summed E-state index contributed by atoms with van der Waals surface area (Å²) in [4.78, 5) is 9.70. The van der Waals surface area contributed by atoms with Crippen molar-refractivity contribution in [2.75, 3.05) is 25.4 Å². The lowest BCUT2D eigenvalue weighted by atomic mass is 10.1. The molecule has 0 radical (unpaired) electrons. The first kappa shape index (κ1) is 19.1. The maximum absolute atomic E-state index is 10.6. The number of hydrogen-bond donors (Lipinski definition) is 1. The summed E-state index contributed by atoms with van der Waals surface area (Å²) in [6.07, 6.45) is 3.53. The van der Waals surface area contributed by atoms with Crippen LogP contribution in [0, 0.1) is 0 Å². The van der Waals surface area contributed by atoms with Crippen molar-refractivity contribution >= 4 is 16.0 Å². The number of rotatable bonds is 7. The molecule has 0 aromatic heterocycles. The van der Waals surface area contributed by atoms with Gasteiger partial charge >= 0.3 is 0 Å². The quantitative estimate of drug-likeness (QED) is 0.557. The first-order valence-electron chi connectivity index (χ1n) is 6.97. The van der Waals surface area contributed by atoms with Crippen molar-refractivity contribution in [3.63, 3.8) is 0 Å². The van der Waals surface area contributed by atoms with Crippen LogP contribution in [0.1, 0.15) is 34.1 Å². The van der Waals surface area contributed by atoms with Crippen LogP contribution in [0.5, 0.6) is 0 Å². The zero-order valence-electron chi connectivity index (χ0n) is 12.8. The number of quaternary nitrogens is 1. The molecule has 1 unspecified atom stereocenters. The lowest BCUT2D eigenvalue weighted by Gasteiger charge is -2.41. The van der Waals surface area contributed by atoms with Gasteiger partial charge in [0.05, 0.1) is 35.8 Å². The third-order valence-corrected chi connectivity index (χ3v) is 4.81. The van der Waals surface area contributed by atoms with Crippen LogP contribution in [0.15, 0.2) is 12.3 Å². The molecular formula is C13H26N2O4S. The molecule has 1 N–H and O–H groups in total. The van der Waals surface area contributed by atoms with E-state index in [0.717, 1.165) is 24.1 Å². The number of carbonyl (C=O) groups is 1. The molecule has 1 atom stereocenters. The molecule has 1 rings (SSSR count). The van der Waals surface area contributed by atoms with Crippen LogP contribution in [0.2, 0.25) is 0 Å². The first-order valence-corrected chi connectivity index (χ1v) is 8.54. The van der Waals surface area contributed by atoms with Crippen molar-refractivity contribution in [1.82, 2.24) is 5.32 Å². The lowest BCUT2D eigenvalue weighted by molar-refractivity contribution is -0.944. The highest BCUT2D eigenvalue weighted by Gasteiger charge is 2.28. The molecule has 1 aliphatic heterocycles. The van der Waals surface area contributed by atoms with Gasteiger partial charge in [-0.15, -0.1) is 0 Å². The third-order valence-electron chi connectivity index (χ3n) is 4.07. The van der Waals surface area contributed by atoms with Gasteiger partial charge in [0.2, 0.25) is 5.91 Å². The van der Waals surface area contributed by atoms with Gasteiger partial charge in [0.15, 0.2) is 0 Å². The number of nitrogens with zero attached hydrogens (tertiary/aromatic N) is 1. The van der Waals surface area contributed by atoms with Gasteiger partial charge in [0.25, 0.3) is 0 Å². The van der Waals surface area contributed by atoms with Crippen molar-refractivity contribution in [3.05, 3.63) is 12.3 Å². The minimum atomic E-state index is -4.06. The molecule has 0 fully saturated rings. The van der Waals surface area contributed by atoms with Crippen molar-refractivity contribution in [2.24, 2.45) is 0 Å². The van der Waals surface area contributed by atoms with Crippen LogP contribution in [0.3, 0.4) is 0 Å². The molecule has 0 saturated carbocycles. The fraction of sp³-hybridized carbons (Fsp3) is 0.769. The molecule has 0 aromatic carbocycles. The molecule has 0 aromatic rings. The molecular weight excluding hydrogens is 280 g/mol. The summed E-state index contributed by atoms with van der Waals surface area (Å²) in [7, 11) is -4.06. The van der Waals surface area contributed by atoms with Crippen LogP contribution in [-0.2, 0) is 14.9 Å². The average Bonchev–Trinajstić information content (AvgIpc) is 2.36. The van der Waals surface area contributed by atoms with E-state index in [9.17, 15) is 17.8 Å². The second kappa shape index (κ2) is 8.39. The van der Waals surface area contributed by atoms with Gasteiger partial charge in [-0.3, -0.25) is 4.79 Å². The Kier molecular flexibility index (Phi) is 8.00. The Labute approximate surface area is 122 Å². The number of nitrogens with one attached hydrogen (secondary N) is 1. The molecule has 20 heavy (non-hydrogen) atoms. The average molecular weight is 306 g/mol.